The Balaban J connectivity index is 2.06. The summed E-state index contributed by atoms with van der Waals surface area (Å²) in [6.07, 6.45) is 2.25. The van der Waals surface area contributed by atoms with Crippen LogP contribution in [0.1, 0.15) is 22.8 Å². The van der Waals surface area contributed by atoms with Crippen molar-refractivity contribution in [3.63, 3.8) is 0 Å². The molecule has 3 heteroatoms. The Kier molecular flexibility index (Phi) is 5.24. The van der Waals surface area contributed by atoms with E-state index in [4.69, 9.17) is 11.6 Å². The van der Waals surface area contributed by atoms with Gasteiger partial charge in [-0.2, -0.15) is 0 Å². The molecule has 2 rings (SSSR count). The zero-order chi connectivity index (χ0) is 12.8. The van der Waals surface area contributed by atoms with Gasteiger partial charge in [0.15, 0.2) is 0 Å². The highest BCUT2D eigenvalue weighted by atomic mass is 35.5. The summed E-state index contributed by atoms with van der Waals surface area (Å²) in [5, 5.41) is 6.28. The largest absolute Gasteiger partial charge is 0.319 e. The summed E-state index contributed by atoms with van der Waals surface area (Å²) in [5.74, 6) is 0.478. The summed E-state index contributed by atoms with van der Waals surface area (Å²) < 4.78 is 0. The first-order chi connectivity index (χ1) is 8.81. The van der Waals surface area contributed by atoms with Crippen LogP contribution in [-0.2, 0) is 6.42 Å². The van der Waals surface area contributed by atoms with Gasteiger partial charge in [0.25, 0.3) is 0 Å². The van der Waals surface area contributed by atoms with Crippen LogP contribution in [0.15, 0.2) is 41.8 Å². The first kappa shape index (κ1) is 13.6. The van der Waals surface area contributed by atoms with Crippen molar-refractivity contribution < 1.29 is 0 Å². The molecule has 1 aromatic carbocycles. The van der Waals surface area contributed by atoms with Gasteiger partial charge < -0.3 is 5.32 Å². The molecular formula is C15H18ClNS. The zero-order valence-electron chi connectivity index (χ0n) is 10.5. The molecule has 1 aromatic heterocycles. The van der Waals surface area contributed by atoms with Crippen molar-refractivity contribution in [2.45, 2.75) is 18.8 Å². The number of benzene rings is 1. The van der Waals surface area contributed by atoms with Crippen LogP contribution in [0.3, 0.4) is 0 Å². The Morgan fingerprint density at radius 3 is 2.72 bits per heavy atom. The minimum Gasteiger partial charge on any atom is -0.319 e. The van der Waals surface area contributed by atoms with E-state index in [1.165, 1.54) is 10.4 Å². The highest BCUT2D eigenvalue weighted by Gasteiger charge is 2.13. The maximum atomic E-state index is 6.29. The van der Waals surface area contributed by atoms with Crippen molar-refractivity contribution in [1.29, 1.82) is 0 Å². The van der Waals surface area contributed by atoms with E-state index in [-0.39, 0.29) is 0 Å². The maximum absolute atomic E-state index is 6.29. The number of thiophene rings is 1. The average molecular weight is 280 g/mol. The van der Waals surface area contributed by atoms with Gasteiger partial charge >= 0.3 is 0 Å². The fourth-order valence-electron chi connectivity index (χ4n) is 2.19. The van der Waals surface area contributed by atoms with E-state index in [0.717, 1.165) is 24.4 Å². The van der Waals surface area contributed by atoms with Crippen molar-refractivity contribution in [3.8, 4) is 0 Å². The second-order valence-corrected chi connectivity index (χ2v) is 5.83. The van der Waals surface area contributed by atoms with Crippen LogP contribution >= 0.6 is 22.9 Å². The molecule has 0 spiro atoms. The van der Waals surface area contributed by atoms with Crippen LogP contribution in [0.25, 0.3) is 0 Å². The molecule has 0 saturated heterocycles. The van der Waals surface area contributed by atoms with Crippen molar-refractivity contribution in [1.82, 2.24) is 5.32 Å². The Labute approximate surface area is 118 Å². The zero-order valence-corrected chi connectivity index (χ0v) is 12.1. The van der Waals surface area contributed by atoms with Gasteiger partial charge in [0, 0.05) is 16.4 Å². The molecule has 0 aliphatic rings. The Morgan fingerprint density at radius 1 is 1.22 bits per heavy atom. The van der Waals surface area contributed by atoms with Crippen LogP contribution in [0.5, 0.6) is 0 Å². The van der Waals surface area contributed by atoms with Gasteiger partial charge in [0.2, 0.25) is 0 Å². The Hall–Kier alpha value is -0.830. The highest BCUT2D eigenvalue weighted by molar-refractivity contribution is 7.09. The fourth-order valence-corrected chi connectivity index (χ4v) is 3.21. The SMILES string of the molecule is CNCC(CCc1cccs1)c1ccccc1Cl. The van der Waals surface area contributed by atoms with Gasteiger partial charge in [-0.05, 0) is 48.9 Å². The Bertz CT molecular complexity index is 467. The highest BCUT2D eigenvalue weighted by Crippen LogP contribution is 2.28. The molecule has 0 aliphatic carbocycles. The molecule has 0 saturated carbocycles. The number of rotatable bonds is 6. The standard InChI is InChI=1S/C15H18ClNS/c1-17-11-12(8-9-13-5-4-10-18-13)14-6-2-3-7-15(14)16/h2-7,10,12,17H,8-9,11H2,1H3. The summed E-state index contributed by atoms with van der Waals surface area (Å²) in [6.45, 7) is 0.967. The quantitative estimate of drug-likeness (QED) is 0.830. The van der Waals surface area contributed by atoms with E-state index in [2.05, 4.69) is 35.0 Å². The van der Waals surface area contributed by atoms with Gasteiger partial charge in [-0.1, -0.05) is 35.9 Å². The number of halogens is 1. The van der Waals surface area contributed by atoms with Gasteiger partial charge in [-0.25, -0.2) is 0 Å². The number of nitrogens with one attached hydrogen (secondary N) is 1. The van der Waals surface area contributed by atoms with Crippen LogP contribution in [0.2, 0.25) is 5.02 Å². The van der Waals surface area contributed by atoms with Crippen LogP contribution in [0.4, 0.5) is 0 Å². The molecule has 1 N–H and O–H groups in total. The van der Waals surface area contributed by atoms with Crippen molar-refractivity contribution in [2.24, 2.45) is 0 Å². The molecule has 0 aliphatic heterocycles. The second kappa shape index (κ2) is 6.93. The van der Waals surface area contributed by atoms with E-state index in [1.807, 2.05) is 30.5 Å². The van der Waals surface area contributed by atoms with Gasteiger partial charge in [0.1, 0.15) is 0 Å². The number of likely N-dealkylation sites (N-methyl/N-ethyl adjacent to an activating group) is 1. The third-order valence-corrected chi connectivity index (χ3v) is 4.40. The first-order valence-electron chi connectivity index (χ1n) is 6.22. The summed E-state index contributed by atoms with van der Waals surface area (Å²) in [5.41, 5.74) is 1.25. The summed E-state index contributed by atoms with van der Waals surface area (Å²) in [7, 11) is 2.00. The third-order valence-electron chi connectivity index (χ3n) is 3.11. The number of hydrogen-bond donors (Lipinski definition) is 1. The van der Waals surface area contributed by atoms with E-state index >= 15 is 0 Å². The smallest absolute Gasteiger partial charge is 0.0441 e. The molecule has 2 aromatic rings. The minimum atomic E-state index is 0.478. The first-order valence-corrected chi connectivity index (χ1v) is 7.48. The summed E-state index contributed by atoms with van der Waals surface area (Å²) in [6, 6.07) is 12.5. The summed E-state index contributed by atoms with van der Waals surface area (Å²) in [4.78, 5) is 1.45. The van der Waals surface area contributed by atoms with Crippen molar-refractivity contribution in [2.75, 3.05) is 13.6 Å². The fraction of sp³-hybridized carbons (Fsp3) is 0.333. The minimum absolute atomic E-state index is 0.478. The molecule has 1 atom stereocenters. The predicted octanol–water partition coefficient (Wildman–Crippen LogP) is 4.34. The van der Waals surface area contributed by atoms with Gasteiger partial charge in [-0.3, -0.25) is 0 Å². The summed E-state index contributed by atoms with van der Waals surface area (Å²) >= 11 is 8.12. The lowest BCUT2D eigenvalue weighted by Gasteiger charge is -2.18. The molecule has 0 amide bonds. The predicted molar refractivity (Wildman–Crippen MR) is 80.8 cm³/mol. The molecule has 18 heavy (non-hydrogen) atoms. The molecule has 0 bridgehead atoms. The van der Waals surface area contributed by atoms with E-state index in [9.17, 15) is 0 Å². The molecule has 1 unspecified atom stereocenters. The van der Waals surface area contributed by atoms with Crippen LogP contribution in [0, 0.1) is 0 Å². The van der Waals surface area contributed by atoms with Gasteiger partial charge in [0.05, 0.1) is 0 Å². The van der Waals surface area contributed by atoms with E-state index in [0.29, 0.717) is 5.92 Å². The lowest BCUT2D eigenvalue weighted by Crippen LogP contribution is -2.18. The lowest BCUT2D eigenvalue weighted by atomic mass is 9.94. The molecular weight excluding hydrogens is 262 g/mol. The number of hydrogen-bond acceptors (Lipinski definition) is 2. The van der Waals surface area contributed by atoms with E-state index < -0.39 is 0 Å². The Morgan fingerprint density at radius 2 is 2.06 bits per heavy atom. The third kappa shape index (κ3) is 3.58. The normalized spacial score (nSPS) is 12.6. The van der Waals surface area contributed by atoms with Crippen molar-refractivity contribution >= 4 is 22.9 Å². The van der Waals surface area contributed by atoms with Gasteiger partial charge in [-0.15, -0.1) is 11.3 Å². The molecule has 96 valence electrons. The van der Waals surface area contributed by atoms with Crippen LogP contribution in [-0.4, -0.2) is 13.6 Å². The molecule has 1 heterocycles. The monoisotopic (exact) mass is 279 g/mol. The lowest BCUT2D eigenvalue weighted by molar-refractivity contribution is 0.586. The maximum Gasteiger partial charge on any atom is 0.0441 e. The molecule has 1 nitrogen and oxygen atoms in total. The molecule has 0 radical (unpaired) electrons. The second-order valence-electron chi connectivity index (χ2n) is 4.39. The number of aryl methyl sites for hydroxylation is 1. The average Bonchev–Trinajstić information content (AvgIpc) is 2.88. The van der Waals surface area contributed by atoms with Crippen LogP contribution < -0.4 is 5.32 Å². The topological polar surface area (TPSA) is 12.0 Å². The van der Waals surface area contributed by atoms with E-state index in [1.54, 1.807) is 0 Å². The van der Waals surface area contributed by atoms with Crippen molar-refractivity contribution in [3.05, 3.63) is 57.2 Å². The molecule has 0 fully saturated rings.